The zero-order valence-electron chi connectivity index (χ0n) is 10.1. The Hall–Kier alpha value is -1.32. The lowest BCUT2D eigenvalue weighted by Crippen LogP contribution is -2.30. The van der Waals surface area contributed by atoms with Gasteiger partial charge in [0.05, 0.1) is 6.10 Å². The van der Waals surface area contributed by atoms with Crippen molar-refractivity contribution in [1.29, 1.82) is 0 Å². The molecule has 96 valence electrons. The molecule has 1 aliphatic rings. The van der Waals surface area contributed by atoms with Gasteiger partial charge in [0.15, 0.2) is 0 Å². The first-order chi connectivity index (χ1) is 8.74. The predicted octanol–water partition coefficient (Wildman–Crippen LogP) is 2.65. The predicted molar refractivity (Wildman–Crippen MR) is 72.5 cm³/mol. The number of carbonyl (C=O) groups is 1. The number of ether oxygens (including phenoxy) is 1. The molecule has 1 amide bonds. The van der Waals surface area contributed by atoms with Crippen molar-refractivity contribution in [3.05, 3.63) is 40.9 Å². The second-order valence-corrected chi connectivity index (χ2v) is 4.70. The van der Waals surface area contributed by atoms with Crippen molar-refractivity contribution in [2.45, 2.75) is 18.9 Å². The molecule has 0 bridgehead atoms. The Labute approximate surface area is 112 Å². The molecule has 0 radical (unpaired) electrons. The minimum Gasteiger partial charge on any atom is -0.376 e. The molecule has 0 aliphatic carbocycles. The number of halogens is 1. The van der Waals surface area contributed by atoms with E-state index >= 15 is 0 Å². The van der Waals surface area contributed by atoms with Gasteiger partial charge in [-0.3, -0.25) is 4.79 Å². The molecule has 3 nitrogen and oxygen atoms in total. The van der Waals surface area contributed by atoms with Crippen LogP contribution < -0.4 is 5.32 Å². The lowest BCUT2D eigenvalue weighted by molar-refractivity contribution is -0.116. The lowest BCUT2D eigenvalue weighted by Gasteiger charge is -2.08. The molecule has 1 aromatic rings. The lowest BCUT2D eigenvalue weighted by atomic mass is 10.2. The van der Waals surface area contributed by atoms with Gasteiger partial charge in [0.25, 0.3) is 0 Å². The van der Waals surface area contributed by atoms with E-state index in [0.717, 1.165) is 25.0 Å². The minimum absolute atomic E-state index is 0.0968. The molecule has 0 spiro atoms. The van der Waals surface area contributed by atoms with E-state index in [9.17, 15) is 4.79 Å². The van der Waals surface area contributed by atoms with E-state index in [1.165, 1.54) is 6.08 Å². The number of carbonyl (C=O) groups excluding carboxylic acids is 1. The topological polar surface area (TPSA) is 38.3 Å². The molecule has 4 heteroatoms. The highest BCUT2D eigenvalue weighted by atomic mass is 35.5. The Morgan fingerprint density at radius 3 is 2.89 bits per heavy atom. The molecule has 0 saturated carbocycles. The van der Waals surface area contributed by atoms with Gasteiger partial charge in [0, 0.05) is 24.3 Å². The van der Waals surface area contributed by atoms with E-state index in [4.69, 9.17) is 16.3 Å². The molecule has 2 rings (SSSR count). The quantitative estimate of drug-likeness (QED) is 0.850. The zero-order chi connectivity index (χ0) is 12.8. The fourth-order valence-corrected chi connectivity index (χ4v) is 1.95. The second kappa shape index (κ2) is 6.57. The summed E-state index contributed by atoms with van der Waals surface area (Å²) in [5.74, 6) is -0.0968. The monoisotopic (exact) mass is 265 g/mol. The highest BCUT2D eigenvalue weighted by Crippen LogP contribution is 2.11. The summed E-state index contributed by atoms with van der Waals surface area (Å²) in [6, 6.07) is 7.33. The number of rotatable bonds is 4. The van der Waals surface area contributed by atoms with E-state index in [-0.39, 0.29) is 12.0 Å². The van der Waals surface area contributed by atoms with Gasteiger partial charge < -0.3 is 10.1 Å². The highest BCUT2D eigenvalue weighted by molar-refractivity contribution is 6.30. The van der Waals surface area contributed by atoms with E-state index in [2.05, 4.69) is 5.32 Å². The van der Waals surface area contributed by atoms with E-state index in [1.54, 1.807) is 18.2 Å². The SMILES string of the molecule is O=C(/C=C/c1ccc(Cl)cc1)NC[C@H]1CCCO1. The van der Waals surface area contributed by atoms with Crippen LogP contribution >= 0.6 is 11.6 Å². The third-order valence-electron chi connectivity index (χ3n) is 2.83. The summed E-state index contributed by atoms with van der Waals surface area (Å²) in [6.07, 6.45) is 5.58. The van der Waals surface area contributed by atoms with Crippen LogP contribution in [0, 0.1) is 0 Å². The first-order valence-corrected chi connectivity index (χ1v) is 6.45. The molecule has 1 atom stereocenters. The summed E-state index contributed by atoms with van der Waals surface area (Å²) >= 11 is 5.78. The number of nitrogens with one attached hydrogen (secondary N) is 1. The van der Waals surface area contributed by atoms with Gasteiger partial charge in [-0.25, -0.2) is 0 Å². The van der Waals surface area contributed by atoms with Crippen LogP contribution in [0.15, 0.2) is 30.3 Å². The standard InChI is InChI=1S/C14H16ClNO2/c15-12-6-3-11(4-7-12)5-8-14(17)16-10-13-2-1-9-18-13/h3-8,13H,1-2,9-10H2,(H,16,17)/b8-5+/t13-/m1/s1. The fraction of sp³-hybridized carbons (Fsp3) is 0.357. The molecule has 1 aromatic carbocycles. The summed E-state index contributed by atoms with van der Waals surface area (Å²) in [5.41, 5.74) is 0.951. The first kappa shape index (κ1) is 13.1. The molecule has 18 heavy (non-hydrogen) atoms. The molecule has 1 N–H and O–H groups in total. The smallest absolute Gasteiger partial charge is 0.244 e. The number of benzene rings is 1. The van der Waals surface area contributed by atoms with E-state index in [0.29, 0.717) is 11.6 Å². The van der Waals surface area contributed by atoms with Crippen molar-refractivity contribution in [3.8, 4) is 0 Å². The molecule has 1 aliphatic heterocycles. The molecular weight excluding hydrogens is 250 g/mol. The van der Waals surface area contributed by atoms with Crippen LogP contribution in [0.25, 0.3) is 6.08 Å². The van der Waals surface area contributed by atoms with Gasteiger partial charge >= 0.3 is 0 Å². The summed E-state index contributed by atoms with van der Waals surface area (Å²) in [6.45, 7) is 1.39. The summed E-state index contributed by atoms with van der Waals surface area (Å²) < 4.78 is 5.43. The van der Waals surface area contributed by atoms with Crippen LogP contribution in [0.5, 0.6) is 0 Å². The third-order valence-corrected chi connectivity index (χ3v) is 3.08. The van der Waals surface area contributed by atoms with Crippen LogP contribution in [0.3, 0.4) is 0 Å². The Morgan fingerprint density at radius 2 is 2.22 bits per heavy atom. The number of hydrogen-bond acceptors (Lipinski definition) is 2. The van der Waals surface area contributed by atoms with Gasteiger partial charge in [-0.1, -0.05) is 23.7 Å². The Bertz CT molecular complexity index is 422. The zero-order valence-corrected chi connectivity index (χ0v) is 10.8. The molecule has 0 aromatic heterocycles. The van der Waals surface area contributed by atoms with Crippen LogP contribution in [0.2, 0.25) is 5.02 Å². The van der Waals surface area contributed by atoms with Gasteiger partial charge in [0.1, 0.15) is 0 Å². The maximum Gasteiger partial charge on any atom is 0.244 e. The Kier molecular flexibility index (Phi) is 4.79. The molecule has 1 fully saturated rings. The molecule has 1 heterocycles. The summed E-state index contributed by atoms with van der Waals surface area (Å²) in [5, 5.41) is 3.52. The number of hydrogen-bond donors (Lipinski definition) is 1. The van der Waals surface area contributed by atoms with Crippen molar-refractivity contribution < 1.29 is 9.53 Å². The Balaban J connectivity index is 1.77. The normalized spacial score (nSPS) is 19.3. The van der Waals surface area contributed by atoms with Crippen molar-refractivity contribution in [1.82, 2.24) is 5.32 Å². The number of amides is 1. The average Bonchev–Trinajstić information content (AvgIpc) is 2.89. The largest absolute Gasteiger partial charge is 0.376 e. The Morgan fingerprint density at radius 1 is 1.44 bits per heavy atom. The van der Waals surface area contributed by atoms with Crippen molar-refractivity contribution in [3.63, 3.8) is 0 Å². The third kappa shape index (κ3) is 4.17. The maximum atomic E-state index is 11.6. The van der Waals surface area contributed by atoms with E-state index in [1.807, 2.05) is 12.1 Å². The van der Waals surface area contributed by atoms with Crippen LogP contribution in [-0.4, -0.2) is 25.2 Å². The summed E-state index contributed by atoms with van der Waals surface area (Å²) in [4.78, 5) is 11.6. The van der Waals surface area contributed by atoms with Gasteiger partial charge in [-0.2, -0.15) is 0 Å². The van der Waals surface area contributed by atoms with Gasteiger partial charge in [-0.05, 0) is 36.6 Å². The average molecular weight is 266 g/mol. The maximum absolute atomic E-state index is 11.6. The second-order valence-electron chi connectivity index (χ2n) is 4.27. The van der Waals surface area contributed by atoms with Crippen molar-refractivity contribution in [2.75, 3.05) is 13.2 Å². The van der Waals surface area contributed by atoms with E-state index < -0.39 is 0 Å². The van der Waals surface area contributed by atoms with Crippen LogP contribution in [0.1, 0.15) is 18.4 Å². The molecule has 1 saturated heterocycles. The molecular formula is C14H16ClNO2. The van der Waals surface area contributed by atoms with Crippen LogP contribution in [0.4, 0.5) is 0 Å². The van der Waals surface area contributed by atoms with Crippen molar-refractivity contribution in [2.24, 2.45) is 0 Å². The summed E-state index contributed by atoms with van der Waals surface area (Å²) in [7, 11) is 0. The minimum atomic E-state index is -0.0968. The van der Waals surface area contributed by atoms with Crippen LogP contribution in [-0.2, 0) is 9.53 Å². The first-order valence-electron chi connectivity index (χ1n) is 6.07. The van der Waals surface area contributed by atoms with Gasteiger partial charge in [0.2, 0.25) is 5.91 Å². The van der Waals surface area contributed by atoms with Gasteiger partial charge in [-0.15, -0.1) is 0 Å². The van der Waals surface area contributed by atoms with Crippen molar-refractivity contribution >= 4 is 23.6 Å². The highest BCUT2D eigenvalue weighted by Gasteiger charge is 2.15. The molecule has 0 unspecified atom stereocenters. The fourth-order valence-electron chi connectivity index (χ4n) is 1.82.